The van der Waals surface area contributed by atoms with Crippen molar-refractivity contribution < 1.29 is 23.0 Å². The number of benzene rings is 2. The van der Waals surface area contributed by atoms with E-state index in [1.165, 1.54) is 12.1 Å². The van der Waals surface area contributed by atoms with Gasteiger partial charge in [0, 0.05) is 37.3 Å². The van der Waals surface area contributed by atoms with Crippen molar-refractivity contribution in [2.75, 3.05) is 31.1 Å². The van der Waals surface area contributed by atoms with Gasteiger partial charge < -0.3 is 14.7 Å². The molecule has 10 heteroatoms. The molecule has 3 aliphatic rings. The molecule has 2 aromatic heterocycles. The van der Waals surface area contributed by atoms with E-state index in [4.69, 9.17) is 9.72 Å². The third-order valence-corrected chi connectivity index (χ3v) is 9.96. The number of rotatable bonds is 6. The normalized spacial score (nSPS) is 24.2. The van der Waals surface area contributed by atoms with Crippen LogP contribution in [-0.2, 0) is 6.42 Å². The number of aromatic nitrogens is 3. The number of hydrogen-bond acceptors (Lipinski definition) is 7. The number of fused-ring (bicyclic) bond motifs is 3. The fourth-order valence-corrected chi connectivity index (χ4v) is 7.76. The van der Waals surface area contributed by atoms with Crippen molar-refractivity contribution >= 4 is 27.5 Å². The number of halogens is 3. The molecule has 4 aromatic rings. The predicted molar refractivity (Wildman–Crippen MR) is 165 cm³/mol. The zero-order valence-corrected chi connectivity index (χ0v) is 25.3. The highest BCUT2D eigenvalue weighted by Crippen LogP contribution is 2.42. The molecule has 3 atom stereocenters. The van der Waals surface area contributed by atoms with Crippen LogP contribution in [0.15, 0.2) is 30.5 Å². The first-order valence-electron chi connectivity index (χ1n) is 15.9. The summed E-state index contributed by atoms with van der Waals surface area (Å²) in [6.07, 6.45) is 7.44. The quantitative estimate of drug-likeness (QED) is 0.251. The van der Waals surface area contributed by atoms with Crippen molar-refractivity contribution in [1.29, 1.82) is 0 Å². The zero-order chi connectivity index (χ0) is 30.6. The summed E-state index contributed by atoms with van der Waals surface area (Å²) in [5.74, 6) is -0.598. The molecule has 0 aliphatic carbocycles. The first kappa shape index (κ1) is 29.1. The number of ether oxygens (including phenoxy) is 1. The van der Waals surface area contributed by atoms with Gasteiger partial charge in [-0.15, -0.1) is 0 Å². The van der Waals surface area contributed by atoms with E-state index in [9.17, 15) is 13.9 Å². The molecular formula is C34H38F3N5O2. The van der Waals surface area contributed by atoms with E-state index >= 15 is 4.39 Å². The van der Waals surface area contributed by atoms with Crippen LogP contribution < -0.4 is 9.64 Å². The van der Waals surface area contributed by atoms with Crippen LogP contribution in [0.4, 0.5) is 19.0 Å². The van der Waals surface area contributed by atoms with Gasteiger partial charge in [-0.2, -0.15) is 9.97 Å². The van der Waals surface area contributed by atoms with Crippen molar-refractivity contribution in [3.63, 3.8) is 0 Å². The Bertz CT molecular complexity index is 1740. The van der Waals surface area contributed by atoms with Gasteiger partial charge in [-0.1, -0.05) is 25.8 Å². The predicted octanol–water partition coefficient (Wildman–Crippen LogP) is 7.12. The molecule has 1 N–H and O–H groups in total. The number of aromatic hydroxyl groups is 1. The van der Waals surface area contributed by atoms with E-state index in [2.05, 4.69) is 26.7 Å². The van der Waals surface area contributed by atoms with Crippen molar-refractivity contribution in [2.45, 2.75) is 83.0 Å². The molecule has 0 radical (unpaired) electrons. The van der Waals surface area contributed by atoms with Crippen molar-refractivity contribution in [1.82, 2.24) is 19.9 Å². The van der Waals surface area contributed by atoms with Crippen LogP contribution in [0.3, 0.4) is 0 Å². The third-order valence-electron chi connectivity index (χ3n) is 9.96. The van der Waals surface area contributed by atoms with E-state index in [-0.39, 0.29) is 35.6 Å². The third kappa shape index (κ3) is 4.91. The van der Waals surface area contributed by atoms with Gasteiger partial charge in [-0.05, 0) is 80.1 Å². The van der Waals surface area contributed by atoms with Gasteiger partial charge in [-0.3, -0.25) is 9.88 Å². The monoisotopic (exact) mass is 605 g/mol. The number of phenolic OH excluding ortho intramolecular Hbond substituents is 1. The molecule has 5 heterocycles. The van der Waals surface area contributed by atoms with Gasteiger partial charge in [0.1, 0.15) is 41.4 Å². The van der Waals surface area contributed by atoms with Gasteiger partial charge in [0.25, 0.3) is 0 Å². The summed E-state index contributed by atoms with van der Waals surface area (Å²) >= 11 is 0. The van der Waals surface area contributed by atoms with Crippen molar-refractivity contribution in [3.05, 3.63) is 47.7 Å². The van der Waals surface area contributed by atoms with Crippen LogP contribution in [-0.4, -0.2) is 69.0 Å². The van der Waals surface area contributed by atoms with Gasteiger partial charge in [0.05, 0.1) is 10.9 Å². The lowest BCUT2D eigenvalue weighted by molar-refractivity contribution is 0.107. The highest BCUT2D eigenvalue weighted by Gasteiger charge is 2.49. The molecule has 2 aromatic carbocycles. The SMILES string of the molecule is CCc1c(F)ccc2cc(O)cc(-c3ncc4c(N5CCCCC[C@H]5C)nc(OC[C@@]56CCCN5C[C@H](F)C6)nc4c3F)c12. The van der Waals surface area contributed by atoms with Crippen LogP contribution >= 0.6 is 0 Å². The molecule has 7 nitrogen and oxygen atoms in total. The lowest BCUT2D eigenvalue weighted by atomic mass is 9.94. The molecule has 7 rings (SSSR count). The molecular weight excluding hydrogens is 567 g/mol. The molecule has 3 fully saturated rings. The second-order valence-electron chi connectivity index (χ2n) is 12.7. The summed E-state index contributed by atoms with van der Waals surface area (Å²) in [6, 6.07) is 6.12. The second kappa shape index (κ2) is 11.4. The topological polar surface area (TPSA) is 74.6 Å². The Morgan fingerprint density at radius 1 is 1.09 bits per heavy atom. The van der Waals surface area contributed by atoms with Crippen LogP contribution in [0.2, 0.25) is 0 Å². The summed E-state index contributed by atoms with van der Waals surface area (Å²) in [4.78, 5) is 18.3. The maximum Gasteiger partial charge on any atom is 0.319 e. The van der Waals surface area contributed by atoms with Gasteiger partial charge >= 0.3 is 6.01 Å². The van der Waals surface area contributed by atoms with Crippen LogP contribution in [0, 0.1) is 11.6 Å². The van der Waals surface area contributed by atoms with E-state index in [0.717, 1.165) is 51.6 Å². The standard InChI is InChI=1S/C34H38F3N5O2/c1-3-24-27(36)10-9-21-14-23(43)15-25(28(21)24)30-29(37)31-26(17-38-30)32(42-13-6-4-5-8-20(42)2)40-33(39-31)44-19-34-11-7-12-41(34)18-22(35)16-34/h9-10,14-15,17,20,22,43H,3-8,11-13,16,18-19H2,1-2H3/t20-,22-,34+/m1/s1. The molecule has 3 saturated heterocycles. The van der Waals surface area contributed by atoms with Crippen LogP contribution in [0.1, 0.15) is 64.4 Å². The average Bonchev–Trinajstić information content (AvgIpc) is 3.44. The summed E-state index contributed by atoms with van der Waals surface area (Å²) in [7, 11) is 0. The van der Waals surface area contributed by atoms with Gasteiger partial charge in [-0.25, -0.2) is 13.2 Å². The Balaban J connectivity index is 1.39. The Kier molecular flexibility index (Phi) is 7.51. The molecule has 44 heavy (non-hydrogen) atoms. The number of hydrogen-bond donors (Lipinski definition) is 1. The molecule has 0 saturated carbocycles. The fourth-order valence-electron chi connectivity index (χ4n) is 7.76. The average molecular weight is 606 g/mol. The van der Waals surface area contributed by atoms with E-state index < -0.39 is 23.3 Å². The smallest absolute Gasteiger partial charge is 0.319 e. The van der Waals surface area contributed by atoms with Crippen LogP contribution in [0.5, 0.6) is 11.8 Å². The number of nitrogens with zero attached hydrogens (tertiary/aromatic N) is 5. The maximum absolute atomic E-state index is 16.8. The molecule has 0 amide bonds. The van der Waals surface area contributed by atoms with E-state index in [0.29, 0.717) is 52.5 Å². The summed E-state index contributed by atoms with van der Waals surface area (Å²) in [6.45, 7) is 6.20. The number of anilines is 1. The molecule has 0 bridgehead atoms. The zero-order valence-electron chi connectivity index (χ0n) is 25.3. The number of phenols is 1. The summed E-state index contributed by atoms with van der Waals surface area (Å²) in [5.41, 5.74) is 0.328. The lowest BCUT2D eigenvalue weighted by Gasteiger charge is -2.32. The minimum atomic E-state index is -0.897. The molecule has 0 unspecified atom stereocenters. The van der Waals surface area contributed by atoms with E-state index in [1.54, 1.807) is 18.3 Å². The minimum absolute atomic E-state index is 0.0326. The van der Waals surface area contributed by atoms with Crippen molar-refractivity contribution in [2.24, 2.45) is 0 Å². The van der Waals surface area contributed by atoms with Gasteiger partial charge in [0.15, 0.2) is 5.82 Å². The maximum atomic E-state index is 16.8. The van der Waals surface area contributed by atoms with Crippen molar-refractivity contribution in [3.8, 4) is 23.0 Å². The summed E-state index contributed by atoms with van der Waals surface area (Å²) in [5, 5.41) is 12.1. The summed E-state index contributed by atoms with van der Waals surface area (Å²) < 4.78 is 52.4. The Labute approximate surface area is 255 Å². The van der Waals surface area contributed by atoms with E-state index in [1.807, 2.05) is 6.92 Å². The number of pyridine rings is 1. The molecule has 232 valence electrons. The highest BCUT2D eigenvalue weighted by atomic mass is 19.1. The lowest BCUT2D eigenvalue weighted by Crippen LogP contribution is -2.43. The number of aryl methyl sites for hydroxylation is 1. The Morgan fingerprint density at radius 2 is 1.95 bits per heavy atom. The molecule has 3 aliphatic heterocycles. The second-order valence-corrected chi connectivity index (χ2v) is 12.7. The highest BCUT2D eigenvalue weighted by molar-refractivity contribution is 6.01. The van der Waals surface area contributed by atoms with Crippen LogP contribution in [0.25, 0.3) is 32.9 Å². The first-order valence-corrected chi connectivity index (χ1v) is 15.9. The number of alkyl halides is 1. The minimum Gasteiger partial charge on any atom is -0.508 e. The Hall–Kier alpha value is -3.66. The fraction of sp³-hybridized carbons (Fsp3) is 0.500. The first-order chi connectivity index (χ1) is 21.3. The largest absolute Gasteiger partial charge is 0.508 e. The van der Waals surface area contributed by atoms with Gasteiger partial charge in [0.2, 0.25) is 0 Å². The Morgan fingerprint density at radius 3 is 2.80 bits per heavy atom. The molecule has 0 spiro atoms.